The van der Waals surface area contributed by atoms with Crippen LogP contribution < -0.4 is 5.32 Å². The van der Waals surface area contributed by atoms with Crippen LogP contribution in [0.25, 0.3) is 0 Å². The van der Waals surface area contributed by atoms with Gasteiger partial charge >= 0.3 is 0 Å². The van der Waals surface area contributed by atoms with Gasteiger partial charge in [-0.2, -0.15) is 0 Å². The lowest BCUT2D eigenvalue weighted by Crippen LogP contribution is -2.33. The van der Waals surface area contributed by atoms with Crippen molar-refractivity contribution in [1.82, 2.24) is 4.90 Å². The van der Waals surface area contributed by atoms with Crippen molar-refractivity contribution in [2.24, 2.45) is 0 Å². The highest BCUT2D eigenvalue weighted by Gasteiger charge is 2.19. The van der Waals surface area contributed by atoms with E-state index in [2.05, 4.69) is 23.3 Å². The SMILES string of the molecule is COCCOCC(=O)Nc1ccccc1CN(C)C1CCCCC1. The molecular formula is C19H30N2O3. The summed E-state index contributed by atoms with van der Waals surface area (Å²) in [6, 6.07) is 8.66. The van der Waals surface area contributed by atoms with E-state index in [-0.39, 0.29) is 12.5 Å². The van der Waals surface area contributed by atoms with E-state index in [0.717, 1.165) is 17.8 Å². The van der Waals surface area contributed by atoms with Gasteiger partial charge in [0.25, 0.3) is 0 Å². The van der Waals surface area contributed by atoms with Gasteiger partial charge in [0, 0.05) is 25.4 Å². The number of nitrogens with zero attached hydrogens (tertiary/aromatic N) is 1. The Morgan fingerprint density at radius 1 is 1.21 bits per heavy atom. The molecule has 0 radical (unpaired) electrons. The number of hydrogen-bond acceptors (Lipinski definition) is 4. The molecule has 0 bridgehead atoms. The normalized spacial score (nSPS) is 15.6. The molecule has 5 heteroatoms. The van der Waals surface area contributed by atoms with Gasteiger partial charge in [0.2, 0.25) is 5.91 Å². The number of methoxy groups -OCH3 is 1. The van der Waals surface area contributed by atoms with Crippen molar-refractivity contribution in [2.75, 3.05) is 39.3 Å². The molecule has 0 aromatic heterocycles. The first-order valence-electron chi connectivity index (χ1n) is 8.85. The summed E-state index contributed by atoms with van der Waals surface area (Å²) in [4.78, 5) is 14.4. The summed E-state index contributed by atoms with van der Waals surface area (Å²) < 4.78 is 10.2. The lowest BCUT2D eigenvalue weighted by molar-refractivity contribution is -0.121. The van der Waals surface area contributed by atoms with Gasteiger partial charge in [-0.1, -0.05) is 37.5 Å². The minimum Gasteiger partial charge on any atom is -0.382 e. The summed E-state index contributed by atoms with van der Waals surface area (Å²) in [6.07, 6.45) is 6.56. The predicted molar refractivity (Wildman–Crippen MR) is 96.1 cm³/mol. The van der Waals surface area contributed by atoms with E-state index < -0.39 is 0 Å². The summed E-state index contributed by atoms with van der Waals surface area (Å²) in [5.41, 5.74) is 2.02. The van der Waals surface area contributed by atoms with Gasteiger partial charge in [0.15, 0.2) is 0 Å². The zero-order valence-corrected chi connectivity index (χ0v) is 14.9. The molecule has 0 heterocycles. The molecule has 24 heavy (non-hydrogen) atoms. The minimum absolute atomic E-state index is 0.0517. The van der Waals surface area contributed by atoms with Crippen molar-refractivity contribution in [3.05, 3.63) is 29.8 Å². The van der Waals surface area contributed by atoms with Crippen LogP contribution in [0.3, 0.4) is 0 Å². The fourth-order valence-electron chi connectivity index (χ4n) is 3.19. The first-order chi connectivity index (χ1) is 11.7. The van der Waals surface area contributed by atoms with Crippen LogP contribution in [-0.4, -0.2) is 50.8 Å². The Balaban J connectivity index is 1.88. The van der Waals surface area contributed by atoms with Crippen LogP contribution in [0.1, 0.15) is 37.7 Å². The van der Waals surface area contributed by atoms with E-state index in [1.54, 1.807) is 7.11 Å². The van der Waals surface area contributed by atoms with Crippen molar-refractivity contribution < 1.29 is 14.3 Å². The van der Waals surface area contributed by atoms with Crippen molar-refractivity contribution >= 4 is 11.6 Å². The second-order valence-corrected chi connectivity index (χ2v) is 6.46. The Morgan fingerprint density at radius 3 is 2.71 bits per heavy atom. The number of anilines is 1. The number of rotatable bonds is 9. The second-order valence-electron chi connectivity index (χ2n) is 6.46. The van der Waals surface area contributed by atoms with Crippen molar-refractivity contribution in [2.45, 2.75) is 44.7 Å². The van der Waals surface area contributed by atoms with Crippen LogP contribution in [0.15, 0.2) is 24.3 Å². The number of hydrogen-bond donors (Lipinski definition) is 1. The van der Waals surface area contributed by atoms with E-state index >= 15 is 0 Å². The number of benzene rings is 1. The van der Waals surface area contributed by atoms with Crippen LogP contribution >= 0.6 is 0 Å². The maximum absolute atomic E-state index is 12.0. The first kappa shape index (κ1) is 18.9. The second kappa shape index (κ2) is 10.4. The Hall–Kier alpha value is -1.43. The molecule has 134 valence electrons. The maximum Gasteiger partial charge on any atom is 0.250 e. The highest BCUT2D eigenvalue weighted by molar-refractivity contribution is 5.92. The molecule has 1 amide bonds. The van der Waals surface area contributed by atoms with Crippen molar-refractivity contribution in [3.8, 4) is 0 Å². The zero-order chi connectivity index (χ0) is 17.2. The summed E-state index contributed by atoms with van der Waals surface area (Å²) in [7, 11) is 3.80. The van der Waals surface area contributed by atoms with Gasteiger partial charge in [-0.05, 0) is 31.5 Å². The Labute approximate surface area is 145 Å². The summed E-state index contributed by atoms with van der Waals surface area (Å²) in [6.45, 7) is 1.83. The molecule has 1 aliphatic rings. The summed E-state index contributed by atoms with van der Waals surface area (Å²) in [5, 5.41) is 2.96. The molecule has 1 aliphatic carbocycles. The third kappa shape index (κ3) is 6.23. The van der Waals surface area contributed by atoms with Gasteiger partial charge < -0.3 is 14.8 Å². The average molecular weight is 334 g/mol. The molecule has 1 aromatic rings. The van der Waals surface area contributed by atoms with Crippen LogP contribution in [0, 0.1) is 0 Å². The molecule has 5 nitrogen and oxygen atoms in total. The van der Waals surface area contributed by atoms with Gasteiger partial charge in [-0.3, -0.25) is 9.69 Å². The number of nitrogens with one attached hydrogen (secondary N) is 1. The van der Waals surface area contributed by atoms with E-state index in [0.29, 0.717) is 19.3 Å². The Bertz CT molecular complexity index is 501. The molecule has 1 saturated carbocycles. The van der Waals surface area contributed by atoms with Gasteiger partial charge in [-0.15, -0.1) is 0 Å². The fourth-order valence-corrected chi connectivity index (χ4v) is 3.19. The van der Waals surface area contributed by atoms with E-state index in [4.69, 9.17) is 9.47 Å². The standard InChI is InChI=1S/C19H30N2O3/c1-21(17-9-4-3-5-10-17)14-16-8-6-7-11-18(16)20-19(22)15-24-13-12-23-2/h6-8,11,17H,3-5,9-10,12-15H2,1-2H3,(H,20,22). The quantitative estimate of drug-likeness (QED) is 0.705. The number of para-hydroxylation sites is 1. The molecule has 1 fully saturated rings. The smallest absolute Gasteiger partial charge is 0.250 e. The van der Waals surface area contributed by atoms with E-state index in [1.807, 2.05) is 18.2 Å². The molecular weight excluding hydrogens is 304 g/mol. The maximum atomic E-state index is 12.0. The molecule has 0 aliphatic heterocycles. The van der Waals surface area contributed by atoms with Gasteiger partial charge in [0.1, 0.15) is 6.61 Å². The Kier molecular flexibility index (Phi) is 8.22. The molecule has 1 N–H and O–H groups in total. The summed E-state index contributed by atoms with van der Waals surface area (Å²) in [5.74, 6) is -0.126. The molecule has 2 rings (SSSR count). The minimum atomic E-state index is -0.126. The largest absolute Gasteiger partial charge is 0.382 e. The Morgan fingerprint density at radius 2 is 1.96 bits per heavy atom. The van der Waals surface area contributed by atoms with Crippen molar-refractivity contribution in [3.63, 3.8) is 0 Å². The lowest BCUT2D eigenvalue weighted by atomic mass is 9.94. The third-order valence-electron chi connectivity index (χ3n) is 4.57. The highest BCUT2D eigenvalue weighted by Crippen LogP contribution is 2.24. The molecule has 0 saturated heterocycles. The highest BCUT2D eigenvalue weighted by atomic mass is 16.5. The number of carbonyl (C=O) groups is 1. The number of ether oxygens (including phenoxy) is 2. The average Bonchev–Trinajstić information content (AvgIpc) is 2.61. The molecule has 0 spiro atoms. The van der Waals surface area contributed by atoms with E-state index in [9.17, 15) is 4.79 Å². The van der Waals surface area contributed by atoms with E-state index in [1.165, 1.54) is 32.1 Å². The van der Waals surface area contributed by atoms with Crippen LogP contribution in [0.5, 0.6) is 0 Å². The lowest BCUT2D eigenvalue weighted by Gasteiger charge is -2.31. The predicted octanol–water partition coefficient (Wildman–Crippen LogP) is 3.05. The van der Waals surface area contributed by atoms with Gasteiger partial charge in [-0.25, -0.2) is 0 Å². The van der Waals surface area contributed by atoms with Crippen LogP contribution in [0.4, 0.5) is 5.69 Å². The molecule has 0 atom stereocenters. The fraction of sp³-hybridized carbons (Fsp3) is 0.632. The van der Waals surface area contributed by atoms with Crippen LogP contribution in [0.2, 0.25) is 0 Å². The zero-order valence-electron chi connectivity index (χ0n) is 14.9. The topological polar surface area (TPSA) is 50.8 Å². The first-order valence-corrected chi connectivity index (χ1v) is 8.85. The van der Waals surface area contributed by atoms with Gasteiger partial charge in [0.05, 0.1) is 13.2 Å². The van der Waals surface area contributed by atoms with Crippen molar-refractivity contribution in [1.29, 1.82) is 0 Å². The monoisotopic (exact) mass is 334 g/mol. The molecule has 1 aromatic carbocycles. The number of carbonyl (C=O) groups excluding carboxylic acids is 1. The number of amides is 1. The third-order valence-corrected chi connectivity index (χ3v) is 4.57. The summed E-state index contributed by atoms with van der Waals surface area (Å²) >= 11 is 0. The van der Waals surface area contributed by atoms with Crippen LogP contribution in [-0.2, 0) is 20.8 Å². The molecule has 0 unspecified atom stereocenters.